The lowest BCUT2D eigenvalue weighted by molar-refractivity contribution is -0.187. The van der Waals surface area contributed by atoms with Crippen LogP contribution < -0.4 is 0 Å². The molecule has 11 heteroatoms. The second-order valence-electron chi connectivity index (χ2n) is 5.79. The summed E-state index contributed by atoms with van der Waals surface area (Å²) in [4.78, 5) is 11.1. The second-order valence-corrected chi connectivity index (χ2v) is 7.76. The normalized spacial score (nSPS) is 22.5. The van der Waals surface area contributed by atoms with Gasteiger partial charge in [0.25, 0.3) is 0 Å². The van der Waals surface area contributed by atoms with E-state index in [1.807, 2.05) is 0 Å². The van der Waals surface area contributed by atoms with Gasteiger partial charge in [-0.25, -0.2) is 12.7 Å². The molecule has 1 N–H and O–H groups in total. The molecule has 1 aliphatic rings. The van der Waals surface area contributed by atoms with E-state index in [4.69, 9.17) is 9.63 Å². The maximum atomic E-state index is 13.0. The Bertz CT molecular complexity index is 909. The van der Waals surface area contributed by atoms with Crippen molar-refractivity contribution in [2.75, 3.05) is 13.1 Å². The third-order valence-corrected chi connectivity index (χ3v) is 5.91. The Balaban J connectivity index is 1.86. The molecule has 1 aromatic carbocycles. The Kier molecular flexibility index (Phi) is 4.23. The van der Waals surface area contributed by atoms with Crippen LogP contribution in [0.4, 0.5) is 13.2 Å². The van der Waals surface area contributed by atoms with Gasteiger partial charge < -0.3 is 9.63 Å². The lowest BCUT2D eigenvalue weighted by Gasteiger charge is -2.18. The van der Waals surface area contributed by atoms with Gasteiger partial charge in [-0.2, -0.15) is 13.2 Å². The first-order valence-electron chi connectivity index (χ1n) is 7.20. The highest BCUT2D eigenvalue weighted by Gasteiger charge is 2.54. The van der Waals surface area contributed by atoms with E-state index in [2.05, 4.69) is 5.16 Å². The number of aromatic nitrogens is 1. The fourth-order valence-corrected chi connectivity index (χ4v) is 4.39. The van der Waals surface area contributed by atoms with Crippen molar-refractivity contribution < 1.29 is 36.0 Å². The molecule has 0 saturated carbocycles. The first kappa shape index (κ1) is 17.7. The summed E-state index contributed by atoms with van der Waals surface area (Å²) >= 11 is 0. The first-order valence-corrected chi connectivity index (χ1v) is 8.81. The SMILES string of the molecule is O=C(O)[C@@H]1CN(S(=O)(=O)Cc2noc3ccccc23)C[C@H]1C(F)(F)F. The average molecular weight is 378 g/mol. The van der Waals surface area contributed by atoms with E-state index in [1.54, 1.807) is 24.3 Å². The van der Waals surface area contributed by atoms with Gasteiger partial charge in [-0.15, -0.1) is 0 Å². The minimum atomic E-state index is -4.80. The Morgan fingerprint density at radius 1 is 1.32 bits per heavy atom. The van der Waals surface area contributed by atoms with Crippen LogP contribution in [0.3, 0.4) is 0 Å². The third-order valence-electron chi connectivity index (χ3n) is 4.19. The summed E-state index contributed by atoms with van der Waals surface area (Å²) in [6.45, 7) is -1.64. The standard InChI is InChI=1S/C14H13F3N2O5S/c15-14(16,17)10-6-19(5-9(10)13(20)21)25(22,23)7-11-8-3-1-2-4-12(8)24-18-11/h1-4,9-10H,5-7H2,(H,20,21)/t9-,10-/m1/s1. The van der Waals surface area contributed by atoms with E-state index in [0.717, 1.165) is 0 Å². The Morgan fingerprint density at radius 3 is 2.60 bits per heavy atom. The monoisotopic (exact) mass is 378 g/mol. The van der Waals surface area contributed by atoms with Gasteiger partial charge >= 0.3 is 12.1 Å². The van der Waals surface area contributed by atoms with Crippen molar-refractivity contribution in [2.24, 2.45) is 11.8 Å². The molecular weight excluding hydrogens is 365 g/mol. The van der Waals surface area contributed by atoms with Gasteiger partial charge in [-0.1, -0.05) is 17.3 Å². The van der Waals surface area contributed by atoms with E-state index in [0.29, 0.717) is 15.3 Å². The van der Waals surface area contributed by atoms with Crippen molar-refractivity contribution in [1.82, 2.24) is 9.46 Å². The fraction of sp³-hybridized carbons (Fsp3) is 0.429. The Labute approximate surface area is 140 Å². The zero-order chi connectivity index (χ0) is 18.4. The molecule has 7 nitrogen and oxygen atoms in total. The summed E-state index contributed by atoms with van der Waals surface area (Å²) < 4.78 is 69.5. The largest absolute Gasteiger partial charge is 0.481 e. The number of rotatable bonds is 4. The van der Waals surface area contributed by atoms with Gasteiger partial charge in [0.1, 0.15) is 11.4 Å². The predicted molar refractivity (Wildman–Crippen MR) is 78.9 cm³/mol. The number of benzene rings is 1. The van der Waals surface area contributed by atoms with E-state index >= 15 is 0 Å². The van der Waals surface area contributed by atoms with Crippen molar-refractivity contribution in [3.8, 4) is 0 Å². The van der Waals surface area contributed by atoms with Crippen LogP contribution in [0.15, 0.2) is 28.8 Å². The van der Waals surface area contributed by atoms with Gasteiger partial charge in [-0.05, 0) is 12.1 Å². The van der Waals surface area contributed by atoms with Crippen molar-refractivity contribution in [3.63, 3.8) is 0 Å². The van der Waals surface area contributed by atoms with Gasteiger partial charge in [0.05, 0.1) is 11.8 Å². The second kappa shape index (κ2) is 5.99. The highest BCUT2D eigenvalue weighted by molar-refractivity contribution is 7.88. The molecule has 0 bridgehead atoms. The number of alkyl halides is 3. The van der Waals surface area contributed by atoms with Crippen LogP contribution in [0.25, 0.3) is 11.0 Å². The topological polar surface area (TPSA) is 101 Å². The van der Waals surface area contributed by atoms with Crippen molar-refractivity contribution >= 4 is 27.0 Å². The lowest BCUT2D eigenvalue weighted by Crippen LogP contribution is -2.34. The molecule has 1 fully saturated rings. The molecule has 0 radical (unpaired) electrons. The quantitative estimate of drug-likeness (QED) is 0.872. The third kappa shape index (κ3) is 3.33. The number of carboxylic acid groups (broad SMARTS) is 1. The smallest absolute Gasteiger partial charge is 0.393 e. The summed E-state index contributed by atoms with van der Waals surface area (Å²) in [5, 5.41) is 13.1. The van der Waals surface area contributed by atoms with Crippen LogP contribution in [0.1, 0.15) is 5.69 Å². The van der Waals surface area contributed by atoms with Crippen LogP contribution in [-0.4, -0.2) is 48.2 Å². The maximum Gasteiger partial charge on any atom is 0.393 e. The van der Waals surface area contributed by atoms with Crippen LogP contribution in [-0.2, 0) is 20.6 Å². The summed E-state index contributed by atoms with van der Waals surface area (Å²) in [5.74, 6) is -6.41. The molecule has 1 aromatic heterocycles. The molecule has 25 heavy (non-hydrogen) atoms. The van der Waals surface area contributed by atoms with Crippen molar-refractivity contribution in [1.29, 1.82) is 0 Å². The van der Waals surface area contributed by atoms with Gasteiger partial charge in [-0.3, -0.25) is 4.79 Å². The first-order chi connectivity index (χ1) is 11.6. The molecule has 0 amide bonds. The van der Waals surface area contributed by atoms with Gasteiger partial charge in [0.15, 0.2) is 5.58 Å². The minimum Gasteiger partial charge on any atom is -0.481 e. The molecule has 0 aliphatic carbocycles. The summed E-state index contributed by atoms with van der Waals surface area (Å²) in [7, 11) is -4.19. The van der Waals surface area contributed by atoms with Crippen LogP contribution in [0, 0.1) is 11.8 Å². The summed E-state index contributed by atoms with van der Waals surface area (Å²) in [6, 6.07) is 6.47. The molecule has 3 rings (SSSR count). The van der Waals surface area contributed by atoms with Gasteiger partial charge in [0, 0.05) is 18.5 Å². The average Bonchev–Trinajstić information content (AvgIpc) is 3.12. The van der Waals surface area contributed by atoms with Crippen molar-refractivity contribution in [2.45, 2.75) is 11.9 Å². The van der Waals surface area contributed by atoms with Gasteiger partial charge in [0.2, 0.25) is 10.0 Å². The molecule has 1 saturated heterocycles. The number of fused-ring (bicyclic) bond motifs is 1. The molecule has 0 unspecified atom stereocenters. The number of halogens is 3. The van der Waals surface area contributed by atoms with E-state index in [9.17, 15) is 26.4 Å². The van der Waals surface area contributed by atoms with Crippen molar-refractivity contribution in [3.05, 3.63) is 30.0 Å². The number of sulfonamides is 1. The van der Waals surface area contributed by atoms with Crippen LogP contribution >= 0.6 is 0 Å². The summed E-state index contributed by atoms with van der Waals surface area (Å²) in [5.41, 5.74) is 0.420. The molecule has 0 spiro atoms. The number of carboxylic acids is 1. The van der Waals surface area contributed by atoms with E-state index in [1.165, 1.54) is 0 Å². The highest BCUT2D eigenvalue weighted by Crippen LogP contribution is 2.39. The molecule has 2 atom stereocenters. The Morgan fingerprint density at radius 2 is 2.00 bits per heavy atom. The number of nitrogens with zero attached hydrogens (tertiary/aromatic N) is 2. The van der Waals surface area contributed by atoms with E-state index < -0.39 is 52.8 Å². The zero-order valence-electron chi connectivity index (χ0n) is 12.6. The number of carbonyl (C=O) groups is 1. The number of para-hydroxylation sites is 1. The molecule has 2 aromatic rings. The molecular formula is C14H13F3N2O5S. The van der Waals surface area contributed by atoms with E-state index in [-0.39, 0.29) is 5.69 Å². The fourth-order valence-electron chi connectivity index (χ4n) is 2.88. The summed E-state index contributed by atoms with van der Waals surface area (Å²) in [6.07, 6.45) is -4.80. The number of aliphatic carboxylic acids is 1. The minimum absolute atomic E-state index is 0.0675. The highest BCUT2D eigenvalue weighted by atomic mass is 32.2. The number of hydrogen-bond acceptors (Lipinski definition) is 5. The van der Waals surface area contributed by atoms with Crippen LogP contribution in [0.5, 0.6) is 0 Å². The molecule has 136 valence electrons. The molecule has 1 aliphatic heterocycles. The maximum absolute atomic E-state index is 13.0. The zero-order valence-corrected chi connectivity index (χ0v) is 13.4. The predicted octanol–water partition coefficient (Wildman–Crippen LogP) is 1.85. The Hall–Kier alpha value is -2.14. The lowest BCUT2D eigenvalue weighted by atomic mass is 9.96. The molecule has 2 heterocycles. The van der Waals surface area contributed by atoms with Crippen LogP contribution in [0.2, 0.25) is 0 Å². The number of hydrogen-bond donors (Lipinski definition) is 1.